The van der Waals surface area contributed by atoms with Crippen LogP contribution < -0.4 is 5.32 Å². The first kappa shape index (κ1) is 17.7. The van der Waals surface area contributed by atoms with E-state index in [1.54, 1.807) is 0 Å². The molecule has 1 rings (SSSR count). The van der Waals surface area contributed by atoms with Crippen LogP contribution in [-0.4, -0.2) is 29.8 Å². The zero-order chi connectivity index (χ0) is 17.1. The van der Waals surface area contributed by atoms with Crippen LogP contribution in [-0.2, 0) is 9.59 Å². The summed E-state index contributed by atoms with van der Waals surface area (Å²) < 4.78 is 72.6. The van der Waals surface area contributed by atoms with Gasteiger partial charge in [0.1, 0.15) is 0 Å². The number of amides is 1. The highest BCUT2D eigenvalue weighted by Gasteiger charge is 2.41. The van der Waals surface area contributed by atoms with Crippen molar-refractivity contribution in [3.8, 4) is 0 Å². The van der Waals surface area contributed by atoms with Crippen LogP contribution in [0.1, 0.15) is 16.8 Å². The summed E-state index contributed by atoms with van der Waals surface area (Å²) in [7, 11) is 0. The van der Waals surface area contributed by atoms with Gasteiger partial charge in [0.05, 0.1) is 12.1 Å². The first-order valence-electron chi connectivity index (χ1n) is 5.53. The topological polar surface area (TPSA) is 63.2 Å². The molecule has 0 heterocycles. The normalized spacial score (nSPS) is 11.9. The molecule has 0 saturated heterocycles. The predicted molar refractivity (Wildman–Crippen MR) is 61.1 cm³/mol. The molecule has 0 aliphatic heterocycles. The molecule has 0 aliphatic carbocycles. The highest BCUT2D eigenvalue weighted by atomic mass is 19.4. The van der Waals surface area contributed by atoms with Crippen LogP contribution in [0.15, 0.2) is 24.3 Å². The third kappa shape index (κ3) is 4.57. The molecule has 0 atom stereocenters. The number of hydrogen-bond donors (Lipinski definition) is 1. The molecule has 120 valence electrons. The van der Waals surface area contributed by atoms with Crippen molar-refractivity contribution in [1.29, 1.82) is 0 Å². The number of carbonyl (C=O) groups excluding carboxylic acids is 3. The Balaban J connectivity index is 2.99. The number of carbonyl (C=O) groups is 3. The van der Waals surface area contributed by atoms with E-state index in [0.717, 1.165) is 24.3 Å². The second kappa shape index (κ2) is 6.16. The fraction of sp³-hybridized carbons (Fsp3) is 0.250. The van der Waals surface area contributed by atoms with Crippen LogP contribution in [0.5, 0.6) is 0 Å². The second-order valence-electron chi connectivity index (χ2n) is 4.02. The lowest BCUT2D eigenvalue weighted by atomic mass is 10.0. The highest BCUT2D eigenvalue weighted by molar-refractivity contribution is 6.13. The molecule has 0 aliphatic rings. The molecule has 1 amide bonds. The number of anilines is 1. The number of halogens is 6. The molecule has 1 aromatic carbocycles. The summed E-state index contributed by atoms with van der Waals surface area (Å²) in [6, 6.07) is 4.12. The average Bonchev–Trinajstić information content (AvgIpc) is 2.36. The fourth-order valence-corrected chi connectivity index (χ4v) is 1.37. The fourth-order valence-electron chi connectivity index (χ4n) is 1.37. The summed E-state index contributed by atoms with van der Waals surface area (Å²) in [4.78, 5) is 33.1. The zero-order valence-electron chi connectivity index (χ0n) is 10.5. The summed E-state index contributed by atoms with van der Waals surface area (Å²) in [5, 5.41) is 1.37. The molecule has 10 heteroatoms. The second-order valence-corrected chi connectivity index (χ2v) is 4.02. The zero-order valence-corrected chi connectivity index (χ0v) is 10.5. The van der Waals surface area contributed by atoms with Gasteiger partial charge in [0, 0.05) is 5.56 Å². The van der Waals surface area contributed by atoms with Gasteiger partial charge in [0.2, 0.25) is 5.78 Å². The van der Waals surface area contributed by atoms with Gasteiger partial charge in [-0.1, -0.05) is 12.1 Å². The Hall–Kier alpha value is -2.39. The molecule has 1 N–H and O–H groups in total. The van der Waals surface area contributed by atoms with Crippen molar-refractivity contribution >= 4 is 23.2 Å². The Morgan fingerprint density at radius 1 is 0.909 bits per heavy atom. The highest BCUT2D eigenvalue weighted by Crippen LogP contribution is 2.24. The van der Waals surface area contributed by atoms with Crippen molar-refractivity contribution in [3.63, 3.8) is 0 Å². The lowest BCUT2D eigenvalue weighted by Gasteiger charge is -2.12. The van der Waals surface area contributed by atoms with E-state index >= 15 is 0 Å². The maximum Gasteiger partial charge on any atom is 0.471 e. The van der Waals surface area contributed by atoms with Crippen LogP contribution in [0.25, 0.3) is 0 Å². The van der Waals surface area contributed by atoms with Gasteiger partial charge in [-0.15, -0.1) is 0 Å². The Kier molecular flexibility index (Phi) is 4.94. The summed E-state index contributed by atoms with van der Waals surface area (Å²) >= 11 is 0. The summed E-state index contributed by atoms with van der Waals surface area (Å²) in [5.41, 5.74) is -1.26. The average molecular weight is 327 g/mol. The van der Waals surface area contributed by atoms with E-state index in [1.807, 2.05) is 0 Å². The number of ketones is 2. The number of nitrogens with one attached hydrogen (secondary N) is 1. The maximum absolute atomic E-state index is 12.1. The third-order valence-corrected chi connectivity index (χ3v) is 2.37. The minimum absolute atomic E-state index is 0.627. The summed E-state index contributed by atoms with van der Waals surface area (Å²) in [5.74, 6) is -6.09. The third-order valence-electron chi connectivity index (χ3n) is 2.37. The number of benzene rings is 1. The van der Waals surface area contributed by atoms with E-state index in [9.17, 15) is 40.7 Å². The standard InChI is InChI=1S/C12H7F6NO3/c13-11(14,15)9(21)5-8(20)6-3-1-2-4-7(6)19-10(22)12(16,17)18/h1-4H,5H2,(H,19,22). The van der Waals surface area contributed by atoms with E-state index in [0.29, 0.717) is 0 Å². The molecule has 0 bridgehead atoms. The SMILES string of the molecule is O=C(CC(=O)C(F)(F)F)c1ccccc1NC(=O)C(F)(F)F. The lowest BCUT2D eigenvalue weighted by Crippen LogP contribution is -2.31. The van der Waals surface area contributed by atoms with E-state index < -0.39 is 47.5 Å². The minimum Gasteiger partial charge on any atom is -0.318 e. The molecule has 4 nitrogen and oxygen atoms in total. The van der Waals surface area contributed by atoms with Gasteiger partial charge in [-0.2, -0.15) is 26.3 Å². The Morgan fingerprint density at radius 2 is 1.45 bits per heavy atom. The number of Topliss-reactive ketones (excluding diaryl/α,β-unsaturated/α-hetero) is 2. The van der Waals surface area contributed by atoms with E-state index in [2.05, 4.69) is 0 Å². The van der Waals surface area contributed by atoms with Gasteiger partial charge in [-0.25, -0.2) is 0 Å². The monoisotopic (exact) mass is 327 g/mol. The van der Waals surface area contributed by atoms with E-state index in [1.165, 1.54) is 5.32 Å². The van der Waals surface area contributed by atoms with Crippen molar-refractivity contribution in [2.45, 2.75) is 18.8 Å². The van der Waals surface area contributed by atoms with Crippen molar-refractivity contribution in [1.82, 2.24) is 0 Å². The van der Waals surface area contributed by atoms with Crippen molar-refractivity contribution in [2.75, 3.05) is 5.32 Å². The molecule has 0 saturated carbocycles. The lowest BCUT2D eigenvalue weighted by molar-refractivity contribution is -0.170. The van der Waals surface area contributed by atoms with E-state index in [4.69, 9.17) is 0 Å². The molecule has 0 radical (unpaired) electrons. The first-order chi connectivity index (χ1) is 9.93. The van der Waals surface area contributed by atoms with Gasteiger partial charge >= 0.3 is 18.3 Å². The van der Waals surface area contributed by atoms with Crippen LogP contribution in [0.3, 0.4) is 0 Å². The van der Waals surface area contributed by atoms with Crippen LogP contribution in [0, 0.1) is 0 Å². The molecule has 0 spiro atoms. The summed E-state index contributed by atoms with van der Waals surface area (Å²) in [6.45, 7) is 0. The quantitative estimate of drug-likeness (QED) is 0.525. The van der Waals surface area contributed by atoms with Gasteiger partial charge in [-0.05, 0) is 12.1 Å². The Bertz CT molecular complexity index is 606. The van der Waals surface area contributed by atoms with Gasteiger partial charge < -0.3 is 5.32 Å². The summed E-state index contributed by atoms with van der Waals surface area (Å²) in [6.07, 6.45) is -12.0. The van der Waals surface area contributed by atoms with Crippen LogP contribution in [0.2, 0.25) is 0 Å². The Morgan fingerprint density at radius 3 is 1.95 bits per heavy atom. The molecule has 0 aromatic heterocycles. The van der Waals surface area contributed by atoms with Crippen molar-refractivity contribution < 1.29 is 40.7 Å². The number of rotatable bonds is 4. The minimum atomic E-state index is -5.24. The smallest absolute Gasteiger partial charge is 0.318 e. The van der Waals surface area contributed by atoms with Crippen LogP contribution in [0.4, 0.5) is 32.0 Å². The largest absolute Gasteiger partial charge is 0.471 e. The van der Waals surface area contributed by atoms with Gasteiger partial charge in [-0.3, -0.25) is 14.4 Å². The van der Waals surface area contributed by atoms with Gasteiger partial charge in [0.25, 0.3) is 0 Å². The number of hydrogen-bond acceptors (Lipinski definition) is 3. The van der Waals surface area contributed by atoms with Crippen molar-refractivity contribution in [2.24, 2.45) is 0 Å². The van der Waals surface area contributed by atoms with E-state index in [-0.39, 0.29) is 0 Å². The first-order valence-corrected chi connectivity index (χ1v) is 5.53. The molecule has 0 unspecified atom stereocenters. The predicted octanol–water partition coefficient (Wildman–Crippen LogP) is 2.89. The number of para-hydroxylation sites is 1. The molecule has 22 heavy (non-hydrogen) atoms. The number of alkyl halides is 6. The molecule has 1 aromatic rings. The van der Waals surface area contributed by atoms with Gasteiger partial charge in [0.15, 0.2) is 5.78 Å². The van der Waals surface area contributed by atoms with Crippen LogP contribution >= 0.6 is 0 Å². The maximum atomic E-state index is 12.1. The van der Waals surface area contributed by atoms with Crippen molar-refractivity contribution in [3.05, 3.63) is 29.8 Å². The molecular weight excluding hydrogens is 320 g/mol. The molecule has 0 fully saturated rings. The Labute approximate surface area is 119 Å². The molecular formula is C12H7F6NO3.